The van der Waals surface area contributed by atoms with Crippen molar-refractivity contribution >= 4 is 28.9 Å². The third-order valence-corrected chi connectivity index (χ3v) is 6.91. The maximum atomic E-state index is 12.5. The van der Waals surface area contributed by atoms with Crippen molar-refractivity contribution in [2.24, 2.45) is 4.99 Å². The summed E-state index contributed by atoms with van der Waals surface area (Å²) in [6.07, 6.45) is 3.11. The highest BCUT2D eigenvalue weighted by Crippen LogP contribution is 2.33. The number of amides is 1. The molecular weight excluding hydrogens is 394 g/mol. The Morgan fingerprint density at radius 3 is 2.80 bits per heavy atom. The molecule has 5 rings (SSSR count). The second-order valence-electron chi connectivity index (χ2n) is 8.21. The van der Waals surface area contributed by atoms with E-state index in [1.165, 1.54) is 22.9 Å². The van der Waals surface area contributed by atoms with Gasteiger partial charge in [0, 0.05) is 12.0 Å². The SMILES string of the molecule is C[C@H]1Cc2cc(/C=C3/SC(N4CC[NH+](Cc5ccccc5)CC4)=NC3=O)ccc2O1. The number of amidine groups is 1. The summed E-state index contributed by atoms with van der Waals surface area (Å²) >= 11 is 1.51. The van der Waals surface area contributed by atoms with Gasteiger partial charge in [-0.1, -0.05) is 36.4 Å². The van der Waals surface area contributed by atoms with Gasteiger partial charge in [-0.2, -0.15) is 4.99 Å². The first-order valence-corrected chi connectivity index (χ1v) is 11.4. The summed E-state index contributed by atoms with van der Waals surface area (Å²) < 4.78 is 5.77. The van der Waals surface area contributed by atoms with Crippen LogP contribution in [-0.4, -0.2) is 48.3 Å². The van der Waals surface area contributed by atoms with Crippen LogP contribution in [0.5, 0.6) is 5.75 Å². The van der Waals surface area contributed by atoms with Gasteiger partial charge in [0.15, 0.2) is 5.17 Å². The molecule has 0 aromatic heterocycles. The Morgan fingerprint density at radius 1 is 1.20 bits per heavy atom. The van der Waals surface area contributed by atoms with E-state index in [-0.39, 0.29) is 12.0 Å². The molecule has 0 aliphatic carbocycles. The summed E-state index contributed by atoms with van der Waals surface area (Å²) in [5.41, 5.74) is 3.63. The van der Waals surface area contributed by atoms with Crippen LogP contribution in [0.1, 0.15) is 23.6 Å². The fourth-order valence-electron chi connectivity index (χ4n) is 4.29. The Hall–Kier alpha value is -2.57. The van der Waals surface area contributed by atoms with Crippen LogP contribution in [0.2, 0.25) is 0 Å². The molecule has 3 heterocycles. The van der Waals surface area contributed by atoms with Crippen molar-refractivity contribution in [3.05, 3.63) is 70.1 Å². The third kappa shape index (κ3) is 4.16. The molecule has 1 saturated heterocycles. The number of hydrogen-bond donors (Lipinski definition) is 1. The van der Waals surface area contributed by atoms with E-state index in [1.54, 1.807) is 4.90 Å². The minimum absolute atomic E-state index is 0.126. The number of thioether (sulfide) groups is 1. The summed E-state index contributed by atoms with van der Waals surface area (Å²) in [6.45, 7) is 7.12. The molecule has 154 valence electrons. The van der Waals surface area contributed by atoms with Crippen LogP contribution in [0.4, 0.5) is 0 Å². The van der Waals surface area contributed by atoms with Gasteiger partial charge in [0.25, 0.3) is 5.91 Å². The highest BCUT2D eigenvalue weighted by atomic mass is 32.2. The molecule has 3 aliphatic heterocycles. The molecular formula is C24H26N3O2S+. The number of nitrogens with one attached hydrogen (secondary N) is 1. The number of carbonyl (C=O) groups excluding carboxylic acids is 1. The molecule has 0 radical (unpaired) electrons. The van der Waals surface area contributed by atoms with Gasteiger partial charge in [0.05, 0.1) is 31.1 Å². The Morgan fingerprint density at radius 2 is 2.00 bits per heavy atom. The van der Waals surface area contributed by atoms with Crippen LogP contribution >= 0.6 is 11.8 Å². The van der Waals surface area contributed by atoms with E-state index in [1.807, 2.05) is 18.2 Å². The number of benzene rings is 2. The number of piperazine rings is 1. The molecule has 5 nitrogen and oxygen atoms in total. The molecule has 0 saturated carbocycles. The molecule has 0 unspecified atom stereocenters. The number of aliphatic imine (C=N–C) groups is 1. The first-order valence-electron chi connectivity index (χ1n) is 10.6. The van der Waals surface area contributed by atoms with Crippen LogP contribution in [0.25, 0.3) is 6.08 Å². The zero-order chi connectivity index (χ0) is 20.5. The standard InChI is InChI=1S/C24H25N3O2S/c1-17-13-20-14-19(7-8-21(20)29-17)15-22-23(28)25-24(30-22)27-11-9-26(10-12-27)16-18-5-3-2-4-6-18/h2-8,14-15,17H,9-13,16H2,1H3/p+1/b22-15+/t17-/m0/s1. The number of nitrogens with zero attached hydrogens (tertiary/aromatic N) is 2. The topological polar surface area (TPSA) is 46.3 Å². The summed E-state index contributed by atoms with van der Waals surface area (Å²) in [4.78, 5) is 21.4. The third-order valence-electron chi connectivity index (χ3n) is 5.87. The highest BCUT2D eigenvalue weighted by Gasteiger charge is 2.30. The van der Waals surface area contributed by atoms with Gasteiger partial charge in [-0.25, -0.2) is 0 Å². The minimum Gasteiger partial charge on any atom is -0.490 e. The van der Waals surface area contributed by atoms with E-state index in [0.29, 0.717) is 4.91 Å². The lowest BCUT2D eigenvalue weighted by atomic mass is 10.1. The summed E-state index contributed by atoms with van der Waals surface area (Å²) in [7, 11) is 0. The molecule has 30 heavy (non-hydrogen) atoms. The van der Waals surface area contributed by atoms with Crippen molar-refractivity contribution < 1.29 is 14.4 Å². The lowest BCUT2D eigenvalue weighted by molar-refractivity contribution is -0.917. The minimum atomic E-state index is -0.126. The second kappa shape index (κ2) is 8.28. The van der Waals surface area contributed by atoms with Crippen molar-refractivity contribution in [1.82, 2.24) is 4.90 Å². The van der Waals surface area contributed by atoms with Crippen LogP contribution in [0.3, 0.4) is 0 Å². The smallest absolute Gasteiger partial charge is 0.286 e. The molecule has 1 atom stereocenters. The van der Waals surface area contributed by atoms with Gasteiger partial charge < -0.3 is 14.5 Å². The lowest BCUT2D eigenvalue weighted by Crippen LogP contribution is -3.13. The van der Waals surface area contributed by atoms with E-state index >= 15 is 0 Å². The predicted molar refractivity (Wildman–Crippen MR) is 121 cm³/mol. The summed E-state index contributed by atoms with van der Waals surface area (Å²) in [6, 6.07) is 16.8. The molecule has 6 heteroatoms. The van der Waals surface area contributed by atoms with E-state index in [4.69, 9.17) is 4.74 Å². The predicted octanol–water partition coefficient (Wildman–Crippen LogP) is 2.38. The first-order chi connectivity index (χ1) is 14.6. The van der Waals surface area contributed by atoms with E-state index in [0.717, 1.165) is 55.6 Å². The summed E-state index contributed by atoms with van der Waals surface area (Å²) in [5.74, 6) is 0.835. The number of ether oxygens (including phenoxy) is 1. The van der Waals surface area contributed by atoms with Crippen molar-refractivity contribution in [3.63, 3.8) is 0 Å². The number of carbonyl (C=O) groups is 1. The van der Waals surface area contributed by atoms with E-state index in [2.05, 4.69) is 53.2 Å². The van der Waals surface area contributed by atoms with Crippen molar-refractivity contribution in [2.45, 2.75) is 26.0 Å². The largest absolute Gasteiger partial charge is 0.490 e. The monoisotopic (exact) mass is 420 g/mol. The fourth-order valence-corrected chi connectivity index (χ4v) is 5.26. The molecule has 2 aromatic rings. The Kier molecular flexibility index (Phi) is 5.35. The number of rotatable bonds is 3. The Bertz CT molecular complexity index is 1010. The van der Waals surface area contributed by atoms with Crippen molar-refractivity contribution in [2.75, 3.05) is 26.2 Å². The molecule has 1 N–H and O–H groups in total. The molecule has 1 amide bonds. The molecule has 3 aliphatic rings. The first kappa shape index (κ1) is 19.4. The number of quaternary nitrogens is 1. The second-order valence-corrected chi connectivity index (χ2v) is 9.22. The van der Waals surface area contributed by atoms with Gasteiger partial charge in [0.1, 0.15) is 18.4 Å². The molecule has 1 fully saturated rings. The quantitative estimate of drug-likeness (QED) is 0.775. The van der Waals surface area contributed by atoms with Crippen molar-refractivity contribution in [3.8, 4) is 5.75 Å². The summed E-state index contributed by atoms with van der Waals surface area (Å²) in [5, 5.41) is 0.850. The zero-order valence-corrected chi connectivity index (χ0v) is 18.0. The average molecular weight is 421 g/mol. The fraction of sp³-hybridized carbons (Fsp3) is 0.333. The van der Waals surface area contributed by atoms with Gasteiger partial charge in [-0.3, -0.25) is 4.79 Å². The van der Waals surface area contributed by atoms with Crippen LogP contribution in [0.15, 0.2) is 58.4 Å². The van der Waals surface area contributed by atoms with Crippen LogP contribution < -0.4 is 9.64 Å². The number of hydrogen-bond acceptors (Lipinski definition) is 4. The average Bonchev–Trinajstić information content (AvgIpc) is 3.30. The van der Waals surface area contributed by atoms with Crippen LogP contribution in [0, 0.1) is 0 Å². The van der Waals surface area contributed by atoms with Gasteiger partial charge >= 0.3 is 0 Å². The van der Waals surface area contributed by atoms with Crippen molar-refractivity contribution in [1.29, 1.82) is 0 Å². The normalized spacial score (nSPS) is 22.9. The maximum Gasteiger partial charge on any atom is 0.286 e. The lowest BCUT2D eigenvalue weighted by Gasteiger charge is -2.32. The maximum absolute atomic E-state index is 12.5. The molecule has 2 aromatic carbocycles. The number of fused-ring (bicyclic) bond motifs is 1. The van der Waals surface area contributed by atoms with Gasteiger partial charge in [-0.15, -0.1) is 0 Å². The molecule has 0 bridgehead atoms. The van der Waals surface area contributed by atoms with Gasteiger partial charge in [-0.05, 0) is 48.0 Å². The Balaban J connectivity index is 1.20. The van der Waals surface area contributed by atoms with E-state index < -0.39 is 0 Å². The zero-order valence-electron chi connectivity index (χ0n) is 17.1. The van der Waals surface area contributed by atoms with E-state index in [9.17, 15) is 4.79 Å². The molecule has 0 spiro atoms. The van der Waals surface area contributed by atoms with Gasteiger partial charge in [0.2, 0.25) is 0 Å². The van der Waals surface area contributed by atoms with Crippen LogP contribution in [-0.2, 0) is 17.8 Å². The highest BCUT2D eigenvalue weighted by molar-refractivity contribution is 8.18. The Labute approximate surface area is 181 Å².